The molecule has 0 aliphatic carbocycles. The van der Waals surface area contributed by atoms with Gasteiger partial charge in [0.05, 0.1) is 32.6 Å². The molecule has 12 heteroatoms. The third kappa shape index (κ3) is 8.74. The highest BCUT2D eigenvalue weighted by atomic mass is 16.7. The SMILES string of the molecule is COC(=O)C(Cc1ccccc1)NC(=O)NCc1ccc(C2OC(CN3CCC4(CC3)C(=O)NCN4c3ccccc3)C(C)C(c3ccc(CO)cc3)O2)cc1. The van der Waals surface area contributed by atoms with E-state index in [-0.39, 0.29) is 37.2 Å². The largest absolute Gasteiger partial charge is 0.467 e. The van der Waals surface area contributed by atoms with Crippen LogP contribution in [0.1, 0.15) is 60.0 Å². The number of urea groups is 1. The third-order valence-electron chi connectivity index (χ3n) is 11.4. The number of esters is 1. The van der Waals surface area contributed by atoms with E-state index in [1.54, 1.807) is 0 Å². The molecule has 3 saturated heterocycles. The van der Waals surface area contributed by atoms with E-state index in [0.717, 1.165) is 46.6 Å². The van der Waals surface area contributed by atoms with Crippen LogP contribution in [-0.4, -0.2) is 79.0 Å². The molecule has 3 aliphatic rings. The Bertz CT molecular complexity index is 1920. The van der Waals surface area contributed by atoms with Crippen LogP contribution in [0.5, 0.6) is 0 Å². The van der Waals surface area contributed by atoms with Gasteiger partial charge in [0.1, 0.15) is 11.6 Å². The van der Waals surface area contributed by atoms with Crippen molar-refractivity contribution in [3.8, 4) is 0 Å². The quantitative estimate of drug-likeness (QED) is 0.147. The number of aliphatic hydroxyl groups is 1. The number of amides is 3. The summed E-state index contributed by atoms with van der Waals surface area (Å²) in [5, 5.41) is 18.4. The van der Waals surface area contributed by atoms with Gasteiger partial charge < -0.3 is 45.1 Å². The van der Waals surface area contributed by atoms with E-state index in [0.29, 0.717) is 32.5 Å². The van der Waals surface area contributed by atoms with Crippen LogP contribution in [0.4, 0.5) is 10.5 Å². The number of nitrogens with zero attached hydrogens (tertiary/aromatic N) is 2. The summed E-state index contributed by atoms with van der Waals surface area (Å²) < 4.78 is 18.4. The summed E-state index contributed by atoms with van der Waals surface area (Å²) in [7, 11) is 1.30. The van der Waals surface area contributed by atoms with Gasteiger partial charge in [0, 0.05) is 49.8 Å². The van der Waals surface area contributed by atoms with Crippen LogP contribution in [0.15, 0.2) is 109 Å². The molecule has 3 amide bonds. The summed E-state index contributed by atoms with van der Waals surface area (Å²) in [4.78, 5) is 43.2. The molecule has 0 aromatic heterocycles. The van der Waals surface area contributed by atoms with Crippen molar-refractivity contribution in [2.75, 3.05) is 38.3 Å². The third-order valence-corrected chi connectivity index (χ3v) is 11.4. The lowest BCUT2D eigenvalue weighted by Crippen LogP contribution is -2.57. The second kappa shape index (κ2) is 17.7. The lowest BCUT2D eigenvalue weighted by Gasteiger charge is -2.46. The highest BCUT2D eigenvalue weighted by Crippen LogP contribution is 2.43. The highest BCUT2D eigenvalue weighted by Gasteiger charge is 2.51. The topological polar surface area (TPSA) is 142 Å². The van der Waals surface area contributed by atoms with Crippen LogP contribution < -0.4 is 20.9 Å². The van der Waals surface area contributed by atoms with Crippen molar-refractivity contribution in [1.29, 1.82) is 0 Å². The predicted molar refractivity (Wildman–Crippen MR) is 211 cm³/mol. The number of anilines is 1. The van der Waals surface area contributed by atoms with Gasteiger partial charge in [-0.2, -0.15) is 0 Å². The number of hydrogen-bond acceptors (Lipinski definition) is 9. The minimum atomic E-state index is -0.828. The van der Waals surface area contributed by atoms with Crippen LogP contribution in [0.25, 0.3) is 0 Å². The standard InChI is InChI=1S/C44H51N5O7/c1-30-38(27-48-23-21-44(22-24-48)42(52)46-29-49(44)36-11-7-4-8-12-36)55-41(56-39(30)34-17-15-33(28-50)16-18-34)35-19-13-32(14-20-35)26-45-43(53)47-37(40(51)54-2)25-31-9-5-3-6-10-31/h3-20,30,37-39,41,50H,21-29H2,1-2H3,(H,46,52)(H2,45,47,53). The molecule has 0 radical (unpaired) electrons. The summed E-state index contributed by atoms with van der Waals surface area (Å²) in [5.74, 6) is -0.414. The first kappa shape index (κ1) is 39.0. The number of rotatable bonds is 12. The Balaban J connectivity index is 1.01. The minimum absolute atomic E-state index is 0.00963. The molecule has 12 nitrogen and oxygen atoms in total. The average molecular weight is 762 g/mol. The molecule has 5 atom stereocenters. The van der Waals surface area contributed by atoms with Gasteiger partial charge in [-0.1, -0.05) is 104 Å². The predicted octanol–water partition coefficient (Wildman–Crippen LogP) is 4.98. The van der Waals surface area contributed by atoms with Gasteiger partial charge in [-0.05, 0) is 47.2 Å². The Morgan fingerprint density at radius 1 is 0.875 bits per heavy atom. The molecule has 0 saturated carbocycles. The monoisotopic (exact) mass is 761 g/mol. The average Bonchev–Trinajstić information content (AvgIpc) is 3.56. The highest BCUT2D eigenvalue weighted by molar-refractivity contribution is 5.93. The fraction of sp³-hybridized carbons (Fsp3) is 0.386. The van der Waals surface area contributed by atoms with E-state index in [4.69, 9.17) is 14.2 Å². The lowest BCUT2D eigenvalue weighted by atomic mass is 9.84. The maximum atomic E-state index is 13.3. The number of hydrogen-bond donors (Lipinski definition) is 4. The first-order valence-electron chi connectivity index (χ1n) is 19.4. The molecule has 3 aliphatic heterocycles. The lowest BCUT2D eigenvalue weighted by molar-refractivity contribution is -0.276. The number of benzene rings is 4. The number of nitrogens with one attached hydrogen (secondary N) is 3. The Kier molecular flexibility index (Phi) is 12.3. The van der Waals surface area contributed by atoms with Crippen molar-refractivity contribution >= 4 is 23.6 Å². The minimum Gasteiger partial charge on any atom is -0.467 e. The number of likely N-dealkylation sites (tertiary alicyclic amines) is 1. The number of piperidine rings is 1. The molecule has 294 valence electrons. The van der Waals surface area contributed by atoms with E-state index in [2.05, 4.69) is 44.8 Å². The van der Waals surface area contributed by atoms with Crippen molar-refractivity contribution in [2.24, 2.45) is 5.92 Å². The molecule has 56 heavy (non-hydrogen) atoms. The Hall–Kier alpha value is -5.27. The Labute approximate surface area is 328 Å². The molecular weight excluding hydrogens is 711 g/mol. The number of carbonyl (C=O) groups is 3. The molecule has 3 fully saturated rings. The van der Waals surface area contributed by atoms with E-state index in [1.165, 1.54) is 7.11 Å². The summed E-state index contributed by atoms with van der Waals surface area (Å²) in [6.45, 7) is 5.07. The molecule has 4 N–H and O–H groups in total. The van der Waals surface area contributed by atoms with Crippen LogP contribution in [0.2, 0.25) is 0 Å². The summed E-state index contributed by atoms with van der Waals surface area (Å²) in [6, 6.07) is 33.9. The normalized spacial score (nSPS) is 22.6. The smallest absolute Gasteiger partial charge is 0.328 e. The maximum Gasteiger partial charge on any atom is 0.328 e. The molecule has 4 aromatic rings. The fourth-order valence-corrected chi connectivity index (χ4v) is 8.09. The Morgan fingerprint density at radius 3 is 2.18 bits per heavy atom. The summed E-state index contributed by atoms with van der Waals surface area (Å²) >= 11 is 0. The molecule has 7 rings (SSSR count). The first-order chi connectivity index (χ1) is 27.3. The van der Waals surface area contributed by atoms with Crippen molar-refractivity contribution < 1.29 is 33.7 Å². The van der Waals surface area contributed by atoms with Crippen molar-refractivity contribution in [1.82, 2.24) is 20.9 Å². The second-order valence-electron chi connectivity index (χ2n) is 14.9. The van der Waals surface area contributed by atoms with Crippen LogP contribution >= 0.6 is 0 Å². The number of ether oxygens (including phenoxy) is 3. The molecule has 0 bridgehead atoms. The van der Waals surface area contributed by atoms with E-state index < -0.39 is 29.9 Å². The molecule has 4 aromatic carbocycles. The van der Waals surface area contributed by atoms with Gasteiger partial charge in [0.2, 0.25) is 5.91 Å². The zero-order chi connectivity index (χ0) is 39.1. The fourth-order valence-electron chi connectivity index (χ4n) is 8.09. The summed E-state index contributed by atoms with van der Waals surface area (Å²) in [6.07, 6.45) is 0.659. The zero-order valence-corrected chi connectivity index (χ0v) is 31.9. The molecule has 5 unspecified atom stereocenters. The van der Waals surface area contributed by atoms with E-state index in [9.17, 15) is 19.5 Å². The van der Waals surface area contributed by atoms with Gasteiger partial charge in [-0.25, -0.2) is 9.59 Å². The summed E-state index contributed by atoms with van der Waals surface area (Å²) in [5.41, 5.74) is 4.94. The zero-order valence-electron chi connectivity index (χ0n) is 31.9. The van der Waals surface area contributed by atoms with Gasteiger partial charge in [0.15, 0.2) is 6.29 Å². The first-order valence-corrected chi connectivity index (χ1v) is 19.4. The van der Waals surface area contributed by atoms with Gasteiger partial charge in [-0.15, -0.1) is 0 Å². The van der Waals surface area contributed by atoms with Crippen LogP contribution in [0.3, 0.4) is 0 Å². The molecule has 3 heterocycles. The van der Waals surface area contributed by atoms with Gasteiger partial charge in [0.25, 0.3) is 0 Å². The van der Waals surface area contributed by atoms with E-state index >= 15 is 0 Å². The van der Waals surface area contributed by atoms with Crippen molar-refractivity contribution in [2.45, 2.75) is 69.4 Å². The van der Waals surface area contributed by atoms with Crippen LogP contribution in [0, 0.1) is 5.92 Å². The van der Waals surface area contributed by atoms with Crippen molar-refractivity contribution in [3.05, 3.63) is 137 Å². The number of aliphatic hydroxyl groups excluding tert-OH is 1. The van der Waals surface area contributed by atoms with Gasteiger partial charge >= 0.3 is 12.0 Å². The molecular formula is C44H51N5O7. The number of para-hydroxylation sites is 1. The van der Waals surface area contributed by atoms with Gasteiger partial charge in [-0.3, -0.25) is 4.79 Å². The van der Waals surface area contributed by atoms with E-state index in [1.807, 2.05) is 97.1 Å². The second-order valence-corrected chi connectivity index (χ2v) is 14.9. The van der Waals surface area contributed by atoms with Crippen LogP contribution in [-0.2, 0) is 43.4 Å². The van der Waals surface area contributed by atoms with Crippen molar-refractivity contribution in [3.63, 3.8) is 0 Å². The number of carbonyl (C=O) groups excluding carboxylic acids is 3. The molecule has 1 spiro atoms. The Morgan fingerprint density at radius 2 is 1.52 bits per heavy atom. The maximum absolute atomic E-state index is 13.3. The number of methoxy groups -OCH3 is 1.